The first kappa shape index (κ1) is 132. The summed E-state index contributed by atoms with van der Waals surface area (Å²) in [6, 6.07) is 0. The summed E-state index contributed by atoms with van der Waals surface area (Å²) >= 11 is 0. The fourth-order valence-electron chi connectivity index (χ4n) is 8.08. The Morgan fingerprint density at radius 3 is 0.737 bits per heavy atom. The second kappa shape index (κ2) is 117. The topological polar surface area (TPSA) is 257 Å². The minimum atomic E-state index is -0.330. The zero-order valence-corrected chi connectivity index (χ0v) is 78.6. The SMILES string of the molecule is C=C(C)C(=O)COCCCCCC.C=C(C)C(=O)COCCCCCCCC.C=C(C)C(=O)OCCCCCCCCOC.C=C(C)C(=O)OCCCCCCOC.C=C(C)C(=O)OCCCCOC.C=C(C)CCCCCCOC.C=C(C)CCOC.C=CC(=O)COCCCC.C=CC(=O)OCCCC.C=CC(=O)OCCCCCC. The van der Waals surface area contributed by atoms with Crippen molar-refractivity contribution in [3.05, 3.63) is 123 Å². The highest BCUT2D eigenvalue weighted by molar-refractivity contribution is 5.95. The number of carbonyl (C=O) groups is 8. The fraction of sp³-hybridized carbons (Fsp3) is 0.711. The van der Waals surface area contributed by atoms with Crippen molar-refractivity contribution in [2.75, 3.05) is 141 Å². The van der Waals surface area contributed by atoms with Crippen molar-refractivity contribution in [3.63, 3.8) is 0 Å². The van der Waals surface area contributed by atoms with Crippen molar-refractivity contribution in [2.24, 2.45) is 0 Å². The van der Waals surface area contributed by atoms with Gasteiger partial charge in [-0.15, -0.1) is 13.2 Å². The van der Waals surface area contributed by atoms with Crippen LogP contribution in [-0.4, -0.2) is 188 Å². The van der Waals surface area contributed by atoms with Crippen LogP contribution in [0.1, 0.15) is 314 Å². The zero-order chi connectivity index (χ0) is 91.7. The lowest BCUT2D eigenvalue weighted by atomic mass is 10.1. The summed E-state index contributed by atoms with van der Waals surface area (Å²) in [6.45, 7) is 67.5. The summed E-state index contributed by atoms with van der Waals surface area (Å²) in [5.41, 5.74) is 5.02. The van der Waals surface area contributed by atoms with Crippen molar-refractivity contribution in [3.8, 4) is 0 Å². The summed E-state index contributed by atoms with van der Waals surface area (Å²) in [5, 5.41) is 0. The van der Waals surface area contributed by atoms with Crippen LogP contribution in [0.4, 0.5) is 0 Å². The number of Topliss-reactive ketones (excluding diaryl/α,β-unsaturated/α-hetero) is 2. The van der Waals surface area contributed by atoms with E-state index < -0.39 is 0 Å². The first-order valence-electron chi connectivity index (χ1n) is 43.4. The third kappa shape index (κ3) is 144. The first-order valence-corrected chi connectivity index (χ1v) is 43.4. The molecule has 0 aromatic rings. The van der Waals surface area contributed by atoms with E-state index in [0.717, 1.165) is 142 Å². The number of methoxy groups -OCH3 is 5. The Morgan fingerprint density at radius 1 is 0.237 bits per heavy atom. The molecule has 0 saturated heterocycles. The molecule has 0 radical (unpaired) electrons. The van der Waals surface area contributed by atoms with Gasteiger partial charge in [0.25, 0.3) is 0 Å². The second-order valence-electron chi connectivity index (χ2n) is 28.4. The molecule has 21 nitrogen and oxygen atoms in total. The third-order valence-electron chi connectivity index (χ3n) is 15.5. The number of hydrogen-bond acceptors (Lipinski definition) is 21. The molecule has 0 aliphatic heterocycles. The molecule has 692 valence electrons. The van der Waals surface area contributed by atoms with Crippen LogP contribution in [0.15, 0.2) is 123 Å². The van der Waals surface area contributed by atoms with E-state index in [1.807, 2.05) is 13.8 Å². The lowest BCUT2D eigenvalue weighted by molar-refractivity contribution is -0.140. The highest BCUT2D eigenvalue weighted by Gasteiger charge is 2.07. The molecular formula is C97H178O21. The predicted molar refractivity (Wildman–Crippen MR) is 491 cm³/mol. The van der Waals surface area contributed by atoms with Crippen LogP contribution in [0, 0.1) is 0 Å². The van der Waals surface area contributed by atoms with Gasteiger partial charge in [-0.25, -0.2) is 24.0 Å². The zero-order valence-electron chi connectivity index (χ0n) is 78.6. The van der Waals surface area contributed by atoms with Gasteiger partial charge in [-0.2, -0.15) is 0 Å². The molecule has 0 spiro atoms. The molecule has 0 unspecified atom stereocenters. The predicted octanol–water partition coefficient (Wildman–Crippen LogP) is 23.3. The smallest absolute Gasteiger partial charge is 0.333 e. The second-order valence-corrected chi connectivity index (χ2v) is 28.4. The number of hydrogen-bond donors (Lipinski definition) is 0. The van der Waals surface area contributed by atoms with Gasteiger partial charge in [0.1, 0.15) is 19.8 Å². The molecule has 0 aliphatic rings. The van der Waals surface area contributed by atoms with E-state index in [-0.39, 0.29) is 67.0 Å². The van der Waals surface area contributed by atoms with Gasteiger partial charge in [0, 0.05) is 117 Å². The van der Waals surface area contributed by atoms with Crippen LogP contribution >= 0.6 is 0 Å². The van der Waals surface area contributed by atoms with Gasteiger partial charge in [-0.05, 0) is 168 Å². The number of allylic oxidation sites excluding steroid dienone is 1. The van der Waals surface area contributed by atoms with E-state index in [4.69, 9.17) is 56.8 Å². The van der Waals surface area contributed by atoms with Crippen molar-refractivity contribution in [1.29, 1.82) is 0 Å². The van der Waals surface area contributed by atoms with Gasteiger partial charge in [0.05, 0.1) is 33.0 Å². The van der Waals surface area contributed by atoms with E-state index in [1.165, 1.54) is 145 Å². The minimum Gasteiger partial charge on any atom is -0.463 e. The quantitative estimate of drug-likeness (QED) is 0.0180. The molecule has 0 aromatic heterocycles. The normalized spacial score (nSPS) is 9.67. The fourth-order valence-corrected chi connectivity index (χ4v) is 8.08. The molecule has 0 saturated carbocycles. The Hall–Kier alpha value is -6.56. The lowest BCUT2D eigenvalue weighted by Gasteiger charge is -2.04. The van der Waals surface area contributed by atoms with E-state index in [9.17, 15) is 38.4 Å². The van der Waals surface area contributed by atoms with Crippen LogP contribution in [0.25, 0.3) is 0 Å². The number of unbranched alkanes of at least 4 members (excludes halogenated alkanes) is 25. The molecule has 0 aromatic carbocycles. The molecule has 0 heterocycles. The molecule has 0 N–H and O–H groups in total. The van der Waals surface area contributed by atoms with Gasteiger partial charge < -0.3 is 61.6 Å². The molecule has 0 fully saturated rings. The molecule has 0 atom stereocenters. The van der Waals surface area contributed by atoms with Gasteiger partial charge >= 0.3 is 29.8 Å². The standard InChI is InChI=1S/C13H24O3.C13H24O2.C11H20O3.C11H20O2.C10H20O.C9H16O3.C9H16O2.C8H14O2.C7H12O2.C6H12O/c1-12(2)13(14)16-11-9-7-5-4-6-8-10-15-3;1-4-5-6-7-8-9-10-15-11-13(14)12(2)3;1-10(2)11(12)14-9-7-5-4-6-8-13-3;1-4-5-6-7-8-13-9-11(12)10(2)3;1-10(2)8-6-4-5-7-9-11-3;1-8(2)9(10)12-7-5-4-6-11-3;1-3-5-6-7-8-11-9(10)4-2;1-3-5-6-10-7-8(9)4-2;1-3-5-6-9-7(8)4-2;1-6(2)4-5-7-3/h1,4-11H2,2-3H3;2,4-11H2,1,3H3;1,4-9H2,2-3H3;2,4-9H2,1,3H3;1,4-9H2,2-3H3;1,4-7H2,2-3H3;4H,2-3,5-8H2,1H3;4H,2-3,5-7H2,1H3;4H,2-3,5-6H2,1H3;1,4-5H2,2-3H3. The number of esters is 5. The summed E-state index contributed by atoms with van der Waals surface area (Å²) < 4.78 is 64.2. The van der Waals surface area contributed by atoms with E-state index in [2.05, 4.69) is 105 Å². The number of ketones is 3. The Kier molecular flexibility index (Phi) is 131. The molecule has 0 bridgehead atoms. The Labute approximate surface area is 722 Å². The molecule has 21 heteroatoms. The number of rotatable bonds is 68. The van der Waals surface area contributed by atoms with Crippen molar-refractivity contribution < 1.29 is 99.9 Å². The lowest BCUT2D eigenvalue weighted by Crippen LogP contribution is -2.09. The van der Waals surface area contributed by atoms with Gasteiger partial charge in [-0.3, -0.25) is 14.4 Å². The molecular weight excluding hydrogens is 1500 g/mol. The van der Waals surface area contributed by atoms with Crippen molar-refractivity contribution in [1.82, 2.24) is 0 Å². The Balaban J connectivity index is -0.000000138. The van der Waals surface area contributed by atoms with Gasteiger partial charge in [0.15, 0.2) is 17.3 Å². The maximum absolute atomic E-state index is 11.1. The molecule has 0 rings (SSSR count). The van der Waals surface area contributed by atoms with E-state index in [0.29, 0.717) is 87.3 Å². The van der Waals surface area contributed by atoms with Crippen LogP contribution < -0.4 is 0 Å². The van der Waals surface area contributed by atoms with Gasteiger partial charge in [-0.1, -0.05) is 227 Å². The van der Waals surface area contributed by atoms with E-state index >= 15 is 0 Å². The van der Waals surface area contributed by atoms with Crippen molar-refractivity contribution >= 4 is 47.2 Å². The minimum absolute atomic E-state index is 0.00971. The van der Waals surface area contributed by atoms with Crippen LogP contribution in [0.3, 0.4) is 0 Å². The first-order chi connectivity index (χ1) is 56.4. The number of carbonyl (C=O) groups excluding carboxylic acids is 8. The maximum atomic E-state index is 11.1. The maximum Gasteiger partial charge on any atom is 0.333 e. The summed E-state index contributed by atoms with van der Waals surface area (Å²) in [7, 11) is 8.54. The Morgan fingerprint density at radius 2 is 0.466 bits per heavy atom. The highest BCUT2D eigenvalue weighted by atomic mass is 16.6. The molecule has 0 amide bonds. The van der Waals surface area contributed by atoms with Gasteiger partial charge in [0.2, 0.25) is 0 Å². The third-order valence-corrected chi connectivity index (χ3v) is 15.5. The van der Waals surface area contributed by atoms with Crippen LogP contribution in [0.5, 0.6) is 0 Å². The summed E-state index contributed by atoms with van der Waals surface area (Å²) in [6.07, 6.45) is 44.6. The van der Waals surface area contributed by atoms with E-state index in [1.54, 1.807) is 70.2 Å². The molecule has 0 aliphatic carbocycles. The summed E-state index contributed by atoms with van der Waals surface area (Å²) in [4.78, 5) is 86.3. The molecule has 118 heavy (non-hydrogen) atoms. The highest BCUT2D eigenvalue weighted by Crippen LogP contribution is 2.10. The average molecular weight is 1680 g/mol. The number of ether oxygens (including phenoxy) is 13. The largest absolute Gasteiger partial charge is 0.463 e. The van der Waals surface area contributed by atoms with Crippen LogP contribution in [-0.2, 0) is 99.9 Å². The monoisotopic (exact) mass is 1680 g/mol. The Bertz CT molecular complexity index is 2430. The average Bonchev–Trinajstić information content (AvgIpc) is 1.03. The van der Waals surface area contributed by atoms with Crippen molar-refractivity contribution in [2.45, 2.75) is 314 Å². The van der Waals surface area contributed by atoms with Crippen LogP contribution in [0.2, 0.25) is 0 Å². The summed E-state index contributed by atoms with van der Waals surface area (Å²) in [5.74, 6) is -1.55.